The predicted molar refractivity (Wildman–Crippen MR) is 43.2 cm³/mol. The van der Waals surface area contributed by atoms with Crippen molar-refractivity contribution in [1.29, 1.82) is 1.43 Å². The minimum absolute atomic E-state index is 0.207. The third kappa shape index (κ3) is 5.97. The molecular formula is C5H8O3S2. The summed E-state index contributed by atoms with van der Waals surface area (Å²) in [6, 6.07) is 0. The number of Topliss-reactive ketones (excluding diaryl/α,β-unsaturated/α-hetero) is 1. The van der Waals surface area contributed by atoms with Crippen molar-refractivity contribution in [1.82, 2.24) is 0 Å². The molecule has 0 spiro atoms. The van der Waals surface area contributed by atoms with Crippen molar-refractivity contribution in [3.63, 3.8) is 0 Å². The van der Waals surface area contributed by atoms with Crippen LogP contribution in [0, 0.1) is 0 Å². The summed E-state index contributed by atoms with van der Waals surface area (Å²) in [6.45, 7) is 0. The Morgan fingerprint density at radius 3 is 2.90 bits per heavy atom. The fourth-order valence-electron chi connectivity index (χ4n) is 0.337. The quantitative estimate of drug-likeness (QED) is 0.507. The van der Waals surface area contributed by atoms with Crippen LogP contribution >= 0.6 is 21.6 Å². The molecule has 0 aliphatic rings. The maximum atomic E-state index is 10.8. The number of aliphatic carboxylic acids is 1. The summed E-state index contributed by atoms with van der Waals surface area (Å²) in [5.74, 6) is -0.714. The molecule has 0 radical (unpaired) electrons. The molecule has 0 bridgehead atoms. The highest BCUT2D eigenvalue weighted by atomic mass is 33.1. The van der Waals surface area contributed by atoms with Gasteiger partial charge in [-0.25, -0.2) is 0 Å². The lowest BCUT2D eigenvalue weighted by molar-refractivity contribution is -0.139. The van der Waals surface area contributed by atoms with Gasteiger partial charge in [-0.15, -0.1) is 0 Å². The summed E-state index contributed by atoms with van der Waals surface area (Å²) in [6.07, 6.45) is 1.55. The molecule has 0 heterocycles. The third-order valence-corrected chi connectivity index (χ3v) is 2.42. The molecule has 0 aliphatic carbocycles. The minimum Gasteiger partial charge on any atom is -0.481 e. The van der Waals surface area contributed by atoms with Gasteiger partial charge < -0.3 is 5.11 Å². The van der Waals surface area contributed by atoms with Crippen molar-refractivity contribution in [2.75, 3.05) is 12.0 Å². The lowest BCUT2D eigenvalue weighted by Gasteiger charge is -1.92. The summed E-state index contributed by atoms with van der Waals surface area (Å²) in [4.78, 5) is 21.1. The molecule has 0 atom stereocenters. The van der Waals surface area contributed by atoms with E-state index in [1.165, 1.54) is 21.6 Å². The Morgan fingerprint density at radius 2 is 2.40 bits per heavy atom. The average Bonchev–Trinajstić information content (AvgIpc) is 2.00. The third-order valence-electron chi connectivity index (χ3n) is 0.679. The highest BCUT2D eigenvalue weighted by molar-refractivity contribution is 8.76. The fourth-order valence-corrected chi connectivity index (χ4v) is 1.44. The molecule has 10 heavy (non-hydrogen) atoms. The minimum atomic E-state index is -0.795. The molecule has 1 N–H and O–H groups in total. The van der Waals surface area contributed by atoms with Gasteiger partial charge in [0.05, 0.1) is 5.75 Å². The molecule has 5 heteroatoms. The summed E-state index contributed by atoms with van der Waals surface area (Å²) in [7, 11) is 2.83. The van der Waals surface area contributed by atoms with Gasteiger partial charge in [-0.3, -0.25) is 9.59 Å². The van der Waals surface area contributed by atoms with Crippen LogP contribution in [0.5, 0.6) is 0 Å². The molecule has 0 aromatic rings. The SMILES string of the molecule is [2H]OC(=O)CC(=O)CSSC. The van der Waals surface area contributed by atoms with E-state index in [1.807, 2.05) is 6.26 Å². The van der Waals surface area contributed by atoms with Crippen LogP contribution < -0.4 is 0 Å². The molecular weight excluding hydrogens is 172 g/mol. The van der Waals surface area contributed by atoms with E-state index in [1.54, 1.807) is 0 Å². The number of rotatable bonds is 5. The fraction of sp³-hybridized carbons (Fsp3) is 0.600. The second-order valence-corrected chi connectivity index (χ2v) is 4.08. The number of hydrogen-bond donors (Lipinski definition) is 1. The second kappa shape index (κ2) is 5.61. The first-order chi connectivity index (χ1) is 5.20. The molecule has 0 amide bonds. The first-order valence-corrected chi connectivity index (χ1v) is 5.26. The average molecular weight is 181 g/mol. The topological polar surface area (TPSA) is 54.4 Å². The summed E-state index contributed by atoms with van der Waals surface area (Å²) < 4.78 is 6.17. The monoisotopic (exact) mass is 181 g/mol. The Kier molecular flexibility index (Phi) is 4.46. The molecule has 0 aromatic heterocycles. The van der Waals surface area contributed by atoms with Crippen molar-refractivity contribution >= 4 is 33.3 Å². The number of carbonyl (C=O) groups is 2. The molecule has 0 aliphatic heterocycles. The molecule has 0 aromatic carbocycles. The molecule has 0 saturated heterocycles. The van der Waals surface area contributed by atoms with Crippen LogP contribution in [-0.4, -0.2) is 28.9 Å². The van der Waals surface area contributed by atoms with E-state index in [0.717, 1.165) is 0 Å². The largest absolute Gasteiger partial charge is 0.481 e. The first-order valence-electron chi connectivity index (χ1n) is 2.94. The lowest BCUT2D eigenvalue weighted by atomic mass is 10.3. The van der Waals surface area contributed by atoms with E-state index in [-0.39, 0.29) is 18.0 Å². The summed E-state index contributed by atoms with van der Waals surface area (Å²) in [5.41, 5.74) is 0. The highest BCUT2D eigenvalue weighted by Gasteiger charge is 2.06. The van der Waals surface area contributed by atoms with Gasteiger partial charge in [-0.05, 0) is 6.26 Å². The number of carboxylic acid groups (broad SMARTS) is 1. The maximum Gasteiger partial charge on any atom is 0.310 e. The molecule has 0 unspecified atom stereocenters. The van der Waals surface area contributed by atoms with Gasteiger partial charge in [0.1, 0.15) is 6.42 Å². The summed E-state index contributed by atoms with van der Waals surface area (Å²) >= 11 is 0. The van der Waals surface area contributed by atoms with Crippen LogP contribution in [0.4, 0.5) is 0 Å². The van der Waals surface area contributed by atoms with Gasteiger partial charge in [0.15, 0.2) is 5.78 Å². The van der Waals surface area contributed by atoms with Crippen LogP contribution in [0.1, 0.15) is 6.42 Å². The predicted octanol–water partition coefficient (Wildman–Crippen LogP) is 1.04. The van der Waals surface area contributed by atoms with Crippen LogP contribution in [-0.2, 0) is 9.59 Å². The van der Waals surface area contributed by atoms with E-state index in [2.05, 4.69) is 5.11 Å². The van der Waals surface area contributed by atoms with Gasteiger partial charge in [0.25, 0.3) is 1.43 Å². The van der Waals surface area contributed by atoms with E-state index in [9.17, 15) is 9.59 Å². The number of carbonyl (C=O) groups excluding carboxylic acids is 1. The lowest BCUT2D eigenvalue weighted by Crippen LogP contribution is -2.07. The second-order valence-electron chi connectivity index (χ2n) is 1.52. The Balaban J connectivity index is 3.44. The van der Waals surface area contributed by atoms with Crippen LogP contribution in [0.3, 0.4) is 0 Å². The molecule has 0 saturated carbocycles. The zero-order valence-corrected chi connectivity index (χ0v) is 7.09. The van der Waals surface area contributed by atoms with E-state index < -0.39 is 5.97 Å². The summed E-state index contributed by atoms with van der Waals surface area (Å²) in [5, 5.41) is 3.57. The number of carboxylic acids is 1. The van der Waals surface area contributed by atoms with Gasteiger partial charge in [-0.2, -0.15) is 0 Å². The highest BCUT2D eigenvalue weighted by Crippen LogP contribution is 2.16. The molecule has 3 nitrogen and oxygen atoms in total. The van der Waals surface area contributed by atoms with Crippen LogP contribution in [0.15, 0.2) is 0 Å². The van der Waals surface area contributed by atoms with E-state index in [4.69, 9.17) is 1.43 Å². The van der Waals surface area contributed by atoms with Crippen molar-refractivity contribution in [2.24, 2.45) is 0 Å². The molecule has 58 valence electrons. The molecule has 0 fully saturated rings. The van der Waals surface area contributed by atoms with Crippen LogP contribution in [0.25, 0.3) is 1.43 Å². The Labute approximate surface area is 68.5 Å². The maximum absolute atomic E-state index is 10.8. The van der Waals surface area contributed by atoms with Crippen molar-refractivity contribution in [3.8, 4) is 0 Å². The Morgan fingerprint density at radius 1 is 1.70 bits per heavy atom. The number of hydrogen-bond acceptors (Lipinski definition) is 5. The van der Waals surface area contributed by atoms with Crippen molar-refractivity contribution in [3.05, 3.63) is 0 Å². The smallest absolute Gasteiger partial charge is 0.310 e. The zero-order valence-electron chi connectivity index (χ0n) is 6.46. The van der Waals surface area contributed by atoms with Gasteiger partial charge in [0, 0.05) is 0 Å². The first kappa shape index (κ1) is 7.94. The van der Waals surface area contributed by atoms with Crippen molar-refractivity contribution in [2.45, 2.75) is 6.42 Å². The van der Waals surface area contributed by atoms with E-state index in [0.29, 0.717) is 0 Å². The Bertz CT molecular complexity index is 151. The normalized spacial score (nSPS) is 10.3. The number of ketones is 1. The standard InChI is InChI=1S/C5H8O3S2/c1-9-10-3-4(6)2-5(7)8/h2-3H2,1H3,(H,7,8)/i/hD. The van der Waals surface area contributed by atoms with Gasteiger partial charge in [-0.1, -0.05) is 21.6 Å². The van der Waals surface area contributed by atoms with E-state index >= 15 is 0 Å². The van der Waals surface area contributed by atoms with Crippen LogP contribution in [0.2, 0.25) is 0 Å². The van der Waals surface area contributed by atoms with Gasteiger partial charge >= 0.3 is 5.97 Å². The zero-order chi connectivity index (χ0) is 8.69. The molecule has 0 rings (SSSR count). The van der Waals surface area contributed by atoms with Crippen molar-refractivity contribution < 1.29 is 14.7 Å². The Hall–Kier alpha value is -0.160. The van der Waals surface area contributed by atoms with Gasteiger partial charge in [0.2, 0.25) is 0 Å².